The Balaban J connectivity index is 1.95. The van der Waals surface area contributed by atoms with Gasteiger partial charge in [-0.3, -0.25) is 0 Å². The summed E-state index contributed by atoms with van der Waals surface area (Å²) in [4.78, 5) is 0. The van der Waals surface area contributed by atoms with Gasteiger partial charge < -0.3 is 24.1 Å². The number of hydrogen-bond donors (Lipinski definition) is 1. The van der Waals surface area contributed by atoms with E-state index in [1.54, 1.807) is 33.5 Å². The molecular formula is C20H22O5. The van der Waals surface area contributed by atoms with Crippen molar-refractivity contribution in [3.05, 3.63) is 53.6 Å². The van der Waals surface area contributed by atoms with Gasteiger partial charge in [0.2, 0.25) is 5.75 Å². The predicted octanol–water partition coefficient (Wildman–Crippen LogP) is 3.82. The number of methoxy groups -OCH3 is 3. The lowest BCUT2D eigenvalue weighted by molar-refractivity contribution is 0.235. The number of hydrogen-bond acceptors (Lipinski definition) is 5. The Morgan fingerprint density at radius 2 is 1.80 bits per heavy atom. The molecule has 0 fully saturated rings. The van der Waals surface area contributed by atoms with Crippen LogP contribution in [0.2, 0.25) is 0 Å². The van der Waals surface area contributed by atoms with E-state index in [1.807, 2.05) is 18.2 Å². The van der Waals surface area contributed by atoms with E-state index >= 15 is 0 Å². The number of rotatable bonds is 6. The topological polar surface area (TPSA) is 57.2 Å². The lowest BCUT2D eigenvalue weighted by atomic mass is 10.00. The van der Waals surface area contributed by atoms with Crippen LogP contribution in [0.3, 0.4) is 0 Å². The molecule has 25 heavy (non-hydrogen) atoms. The quantitative estimate of drug-likeness (QED) is 0.809. The Labute approximate surface area is 147 Å². The fraction of sp³-hybridized carbons (Fsp3) is 0.300. The van der Waals surface area contributed by atoms with Gasteiger partial charge in [-0.15, -0.1) is 6.58 Å². The second-order valence-corrected chi connectivity index (χ2v) is 5.85. The summed E-state index contributed by atoms with van der Waals surface area (Å²) in [6.07, 6.45) is 2.92. The van der Waals surface area contributed by atoms with E-state index < -0.39 is 0 Å². The highest BCUT2D eigenvalue weighted by Crippen LogP contribution is 2.45. The Hall–Kier alpha value is -2.82. The van der Waals surface area contributed by atoms with Gasteiger partial charge in [0.1, 0.15) is 17.6 Å². The monoisotopic (exact) mass is 342 g/mol. The van der Waals surface area contributed by atoms with E-state index in [1.165, 1.54) is 0 Å². The van der Waals surface area contributed by atoms with Crippen LogP contribution in [0.1, 0.15) is 22.8 Å². The lowest BCUT2D eigenvalue weighted by Gasteiger charge is -2.17. The Bertz CT molecular complexity index is 772. The van der Waals surface area contributed by atoms with E-state index in [4.69, 9.17) is 18.9 Å². The SMILES string of the molecule is C=CCc1cc2c(cc1O)O[C@H](c1cc(OC)c(OC)c(OC)c1)C2. The summed E-state index contributed by atoms with van der Waals surface area (Å²) < 4.78 is 22.2. The van der Waals surface area contributed by atoms with E-state index in [-0.39, 0.29) is 11.9 Å². The third-order valence-electron chi connectivity index (χ3n) is 4.36. The zero-order valence-electron chi connectivity index (χ0n) is 14.7. The summed E-state index contributed by atoms with van der Waals surface area (Å²) in [5.74, 6) is 2.65. The molecule has 1 atom stereocenters. The smallest absolute Gasteiger partial charge is 0.203 e. The Morgan fingerprint density at radius 3 is 2.36 bits per heavy atom. The van der Waals surface area contributed by atoms with E-state index in [2.05, 4.69) is 6.58 Å². The second-order valence-electron chi connectivity index (χ2n) is 5.85. The normalized spacial score (nSPS) is 15.2. The van der Waals surface area contributed by atoms with Gasteiger partial charge in [0, 0.05) is 18.1 Å². The molecule has 2 aromatic carbocycles. The molecule has 1 aliphatic heterocycles. The Kier molecular flexibility index (Phi) is 4.74. The maximum Gasteiger partial charge on any atom is 0.203 e. The zero-order chi connectivity index (χ0) is 18.0. The van der Waals surface area contributed by atoms with Crippen molar-refractivity contribution in [3.63, 3.8) is 0 Å². The van der Waals surface area contributed by atoms with Crippen molar-refractivity contribution >= 4 is 0 Å². The van der Waals surface area contributed by atoms with Gasteiger partial charge >= 0.3 is 0 Å². The number of allylic oxidation sites excluding steroid dienone is 1. The minimum Gasteiger partial charge on any atom is -0.508 e. The molecule has 1 aliphatic rings. The van der Waals surface area contributed by atoms with Crippen molar-refractivity contribution < 1.29 is 24.1 Å². The molecule has 0 amide bonds. The van der Waals surface area contributed by atoms with Crippen LogP contribution in [0.4, 0.5) is 0 Å². The van der Waals surface area contributed by atoms with E-state index in [9.17, 15) is 5.11 Å². The first-order valence-corrected chi connectivity index (χ1v) is 8.03. The molecular weight excluding hydrogens is 320 g/mol. The van der Waals surface area contributed by atoms with Crippen LogP contribution in [-0.4, -0.2) is 26.4 Å². The van der Waals surface area contributed by atoms with Crippen molar-refractivity contribution in [3.8, 4) is 28.7 Å². The summed E-state index contributed by atoms with van der Waals surface area (Å²) in [5.41, 5.74) is 2.84. The number of phenolic OH excluding ortho intramolecular Hbond substituents is 1. The van der Waals surface area contributed by atoms with Gasteiger partial charge in [0.25, 0.3) is 0 Å². The average molecular weight is 342 g/mol. The average Bonchev–Trinajstić information content (AvgIpc) is 3.03. The van der Waals surface area contributed by atoms with E-state index in [0.29, 0.717) is 35.8 Å². The molecule has 0 saturated heterocycles. The predicted molar refractivity (Wildman–Crippen MR) is 95.2 cm³/mol. The standard InChI is InChI=1S/C20H22O5/c1-5-6-12-7-13-8-16(25-17(13)11-15(12)21)14-9-18(22-2)20(24-4)19(10-14)23-3/h5,7,9-11,16,21H,1,6,8H2,2-4H3/t16-/m0/s1. The molecule has 3 rings (SSSR count). The first-order chi connectivity index (χ1) is 12.1. The minimum atomic E-state index is -0.179. The summed E-state index contributed by atoms with van der Waals surface area (Å²) in [6.45, 7) is 3.73. The third-order valence-corrected chi connectivity index (χ3v) is 4.36. The van der Waals surface area contributed by atoms with Crippen molar-refractivity contribution in [2.45, 2.75) is 18.9 Å². The van der Waals surface area contributed by atoms with Gasteiger partial charge in [-0.2, -0.15) is 0 Å². The fourth-order valence-corrected chi connectivity index (χ4v) is 3.12. The van der Waals surface area contributed by atoms with Crippen LogP contribution in [0.5, 0.6) is 28.7 Å². The number of ether oxygens (including phenoxy) is 4. The molecule has 0 bridgehead atoms. The van der Waals surface area contributed by atoms with Gasteiger partial charge in [0.15, 0.2) is 11.5 Å². The van der Waals surface area contributed by atoms with Gasteiger partial charge in [-0.1, -0.05) is 6.08 Å². The van der Waals surface area contributed by atoms with Crippen molar-refractivity contribution in [2.24, 2.45) is 0 Å². The summed E-state index contributed by atoms with van der Waals surface area (Å²) in [5, 5.41) is 10.1. The summed E-state index contributed by atoms with van der Waals surface area (Å²) in [6, 6.07) is 7.43. The van der Waals surface area contributed by atoms with Crippen LogP contribution in [-0.2, 0) is 12.8 Å². The first kappa shape index (κ1) is 17.0. The summed E-state index contributed by atoms with van der Waals surface area (Å²) in [7, 11) is 4.75. The van der Waals surface area contributed by atoms with Crippen molar-refractivity contribution in [1.82, 2.24) is 0 Å². The highest BCUT2D eigenvalue weighted by atomic mass is 16.5. The lowest BCUT2D eigenvalue weighted by Crippen LogP contribution is -2.05. The third kappa shape index (κ3) is 3.09. The Morgan fingerprint density at radius 1 is 1.12 bits per heavy atom. The molecule has 0 aromatic heterocycles. The van der Waals surface area contributed by atoms with E-state index in [0.717, 1.165) is 16.7 Å². The van der Waals surface area contributed by atoms with Crippen molar-refractivity contribution in [1.29, 1.82) is 0 Å². The molecule has 132 valence electrons. The molecule has 1 heterocycles. The highest BCUT2D eigenvalue weighted by molar-refractivity contribution is 5.56. The number of fused-ring (bicyclic) bond motifs is 1. The highest BCUT2D eigenvalue weighted by Gasteiger charge is 2.28. The van der Waals surface area contributed by atoms with Crippen LogP contribution in [0.15, 0.2) is 36.9 Å². The fourth-order valence-electron chi connectivity index (χ4n) is 3.12. The molecule has 5 heteroatoms. The maximum atomic E-state index is 10.1. The second kappa shape index (κ2) is 6.97. The van der Waals surface area contributed by atoms with Gasteiger partial charge in [-0.25, -0.2) is 0 Å². The molecule has 0 aliphatic carbocycles. The molecule has 2 aromatic rings. The van der Waals surface area contributed by atoms with Crippen LogP contribution >= 0.6 is 0 Å². The zero-order valence-corrected chi connectivity index (χ0v) is 14.7. The molecule has 0 spiro atoms. The van der Waals surface area contributed by atoms with Crippen LogP contribution < -0.4 is 18.9 Å². The molecule has 0 unspecified atom stereocenters. The number of benzene rings is 2. The van der Waals surface area contributed by atoms with Crippen LogP contribution in [0, 0.1) is 0 Å². The van der Waals surface area contributed by atoms with Gasteiger partial charge in [0.05, 0.1) is 21.3 Å². The first-order valence-electron chi connectivity index (χ1n) is 8.03. The largest absolute Gasteiger partial charge is 0.508 e. The summed E-state index contributed by atoms with van der Waals surface area (Å²) >= 11 is 0. The van der Waals surface area contributed by atoms with Gasteiger partial charge in [-0.05, 0) is 35.7 Å². The molecule has 0 radical (unpaired) electrons. The van der Waals surface area contributed by atoms with Crippen molar-refractivity contribution in [2.75, 3.05) is 21.3 Å². The number of phenols is 1. The molecule has 5 nitrogen and oxygen atoms in total. The maximum absolute atomic E-state index is 10.1. The minimum absolute atomic E-state index is 0.179. The molecule has 1 N–H and O–H groups in total. The number of aromatic hydroxyl groups is 1. The molecule has 0 saturated carbocycles. The van der Waals surface area contributed by atoms with Crippen LogP contribution in [0.25, 0.3) is 0 Å².